The van der Waals surface area contributed by atoms with Gasteiger partial charge in [-0.1, -0.05) is 6.42 Å². The molecule has 3 atom stereocenters. The van der Waals surface area contributed by atoms with Gasteiger partial charge in [0.1, 0.15) is 5.52 Å². The number of aromatic nitrogens is 1. The second kappa shape index (κ2) is 3.83. The highest BCUT2D eigenvalue weighted by Gasteiger charge is 2.42. The van der Waals surface area contributed by atoms with Gasteiger partial charge in [0, 0.05) is 5.92 Å². The highest BCUT2D eigenvalue weighted by molar-refractivity contribution is 5.91. The zero-order valence-corrected chi connectivity index (χ0v) is 10.5. The van der Waals surface area contributed by atoms with Gasteiger partial charge < -0.3 is 9.52 Å². The van der Waals surface area contributed by atoms with Gasteiger partial charge in [0.05, 0.1) is 5.56 Å². The number of carboxylic acid groups (broad SMARTS) is 1. The first kappa shape index (κ1) is 11.0. The number of benzene rings is 1. The van der Waals surface area contributed by atoms with Crippen molar-refractivity contribution in [3.05, 3.63) is 29.7 Å². The van der Waals surface area contributed by atoms with Crippen LogP contribution in [-0.2, 0) is 0 Å². The van der Waals surface area contributed by atoms with E-state index in [2.05, 4.69) is 4.98 Å². The van der Waals surface area contributed by atoms with Crippen LogP contribution >= 0.6 is 0 Å². The molecule has 2 aliphatic carbocycles. The van der Waals surface area contributed by atoms with Crippen LogP contribution in [0.3, 0.4) is 0 Å². The zero-order chi connectivity index (χ0) is 13.0. The number of carbonyl (C=O) groups is 1. The molecule has 1 N–H and O–H groups in total. The summed E-state index contributed by atoms with van der Waals surface area (Å²) >= 11 is 0. The molecule has 2 fully saturated rings. The average Bonchev–Trinajstić information content (AvgIpc) is 3.11. The van der Waals surface area contributed by atoms with Gasteiger partial charge in [-0.2, -0.15) is 0 Å². The van der Waals surface area contributed by atoms with Crippen molar-refractivity contribution in [2.75, 3.05) is 0 Å². The Morgan fingerprint density at radius 2 is 2.21 bits per heavy atom. The molecule has 0 aliphatic heterocycles. The largest absolute Gasteiger partial charge is 0.478 e. The zero-order valence-electron chi connectivity index (χ0n) is 10.5. The van der Waals surface area contributed by atoms with Gasteiger partial charge in [0.15, 0.2) is 11.5 Å². The summed E-state index contributed by atoms with van der Waals surface area (Å²) in [4.78, 5) is 15.5. The minimum absolute atomic E-state index is 0.264. The fourth-order valence-electron chi connectivity index (χ4n) is 3.78. The summed E-state index contributed by atoms with van der Waals surface area (Å²) in [5, 5.41) is 8.99. The third-order valence-corrected chi connectivity index (χ3v) is 4.71. The van der Waals surface area contributed by atoms with Crippen molar-refractivity contribution in [1.29, 1.82) is 0 Å². The highest BCUT2D eigenvalue weighted by atomic mass is 16.4. The monoisotopic (exact) mass is 257 g/mol. The SMILES string of the molecule is O=C(O)c1ccc2oc(C3CC4CCC3C4)nc2c1. The standard InChI is InChI=1S/C15H15NO3/c17-15(18)10-3-4-13-12(7-10)16-14(19-13)11-6-8-1-2-9(11)5-8/h3-4,7-9,11H,1-2,5-6H2,(H,17,18). The van der Waals surface area contributed by atoms with Gasteiger partial charge in [-0.25, -0.2) is 9.78 Å². The van der Waals surface area contributed by atoms with Crippen molar-refractivity contribution in [2.24, 2.45) is 11.8 Å². The molecule has 0 saturated heterocycles. The maximum Gasteiger partial charge on any atom is 0.335 e. The van der Waals surface area contributed by atoms with Crippen LogP contribution in [0.5, 0.6) is 0 Å². The first-order chi connectivity index (χ1) is 9.20. The summed E-state index contributed by atoms with van der Waals surface area (Å²) in [5.74, 6) is 1.90. The summed E-state index contributed by atoms with van der Waals surface area (Å²) < 4.78 is 5.84. The van der Waals surface area contributed by atoms with Crippen molar-refractivity contribution >= 4 is 17.1 Å². The summed E-state index contributed by atoms with van der Waals surface area (Å²) in [6.45, 7) is 0. The first-order valence-electron chi connectivity index (χ1n) is 6.84. The van der Waals surface area contributed by atoms with E-state index < -0.39 is 5.97 Å². The van der Waals surface area contributed by atoms with Gasteiger partial charge in [0.25, 0.3) is 0 Å². The minimum Gasteiger partial charge on any atom is -0.478 e. The third-order valence-electron chi connectivity index (χ3n) is 4.71. The Morgan fingerprint density at radius 1 is 1.32 bits per heavy atom. The smallest absolute Gasteiger partial charge is 0.335 e. The number of aromatic carboxylic acids is 1. The summed E-state index contributed by atoms with van der Waals surface area (Å²) in [7, 11) is 0. The Kier molecular flexibility index (Phi) is 2.22. The van der Waals surface area contributed by atoms with Crippen LogP contribution in [0.1, 0.15) is 47.8 Å². The quantitative estimate of drug-likeness (QED) is 0.895. The molecule has 3 unspecified atom stereocenters. The average molecular weight is 257 g/mol. The van der Waals surface area contributed by atoms with Crippen LogP contribution in [0.25, 0.3) is 11.1 Å². The second-order valence-electron chi connectivity index (χ2n) is 5.82. The molecule has 2 bridgehead atoms. The van der Waals surface area contributed by atoms with Crippen LogP contribution in [0.15, 0.2) is 22.6 Å². The molecule has 2 aromatic rings. The van der Waals surface area contributed by atoms with Gasteiger partial charge in [-0.15, -0.1) is 0 Å². The number of carboxylic acids is 1. The molecule has 19 heavy (non-hydrogen) atoms. The van der Waals surface area contributed by atoms with Crippen LogP contribution in [-0.4, -0.2) is 16.1 Å². The molecule has 0 radical (unpaired) electrons. The normalized spacial score (nSPS) is 29.2. The molecule has 4 rings (SSSR count). The predicted molar refractivity (Wildman–Crippen MR) is 69.2 cm³/mol. The number of rotatable bonds is 2. The Bertz CT molecular complexity index is 660. The summed E-state index contributed by atoms with van der Waals surface area (Å²) in [6, 6.07) is 4.88. The summed E-state index contributed by atoms with van der Waals surface area (Å²) in [5.41, 5.74) is 1.63. The Morgan fingerprint density at radius 3 is 2.89 bits per heavy atom. The fourth-order valence-corrected chi connectivity index (χ4v) is 3.78. The van der Waals surface area contributed by atoms with E-state index in [1.165, 1.54) is 25.7 Å². The molecule has 1 aromatic carbocycles. The van der Waals surface area contributed by atoms with Crippen molar-refractivity contribution in [2.45, 2.75) is 31.6 Å². The van der Waals surface area contributed by atoms with Crippen molar-refractivity contribution < 1.29 is 14.3 Å². The van der Waals surface area contributed by atoms with Crippen molar-refractivity contribution in [3.63, 3.8) is 0 Å². The lowest BCUT2D eigenvalue weighted by atomic mass is 9.89. The second-order valence-corrected chi connectivity index (χ2v) is 5.82. The lowest BCUT2D eigenvalue weighted by Crippen LogP contribution is -2.08. The van der Waals surface area contributed by atoms with Gasteiger partial charge in [0.2, 0.25) is 0 Å². The van der Waals surface area contributed by atoms with Gasteiger partial charge in [-0.3, -0.25) is 0 Å². The molecule has 2 saturated carbocycles. The Balaban J connectivity index is 1.73. The van der Waals surface area contributed by atoms with Crippen LogP contribution < -0.4 is 0 Å². The van der Waals surface area contributed by atoms with E-state index in [0.717, 1.165) is 17.7 Å². The molecule has 4 nitrogen and oxygen atoms in total. The lowest BCUT2D eigenvalue weighted by Gasteiger charge is -2.17. The molecule has 1 aromatic heterocycles. The minimum atomic E-state index is -0.925. The molecule has 98 valence electrons. The molecule has 0 spiro atoms. The number of fused-ring (bicyclic) bond motifs is 3. The van der Waals surface area contributed by atoms with E-state index in [9.17, 15) is 4.79 Å². The van der Waals surface area contributed by atoms with Crippen LogP contribution in [0.2, 0.25) is 0 Å². The molecule has 0 amide bonds. The van der Waals surface area contributed by atoms with E-state index in [-0.39, 0.29) is 5.56 Å². The summed E-state index contributed by atoms with van der Waals surface area (Å²) in [6.07, 6.45) is 5.13. The van der Waals surface area contributed by atoms with E-state index in [1.807, 2.05) is 0 Å². The molecular weight excluding hydrogens is 242 g/mol. The van der Waals surface area contributed by atoms with E-state index >= 15 is 0 Å². The highest BCUT2D eigenvalue weighted by Crippen LogP contribution is 2.52. The predicted octanol–water partition coefficient (Wildman–Crippen LogP) is 3.43. The Hall–Kier alpha value is -1.84. The van der Waals surface area contributed by atoms with Gasteiger partial charge >= 0.3 is 5.97 Å². The first-order valence-corrected chi connectivity index (χ1v) is 6.84. The van der Waals surface area contributed by atoms with Crippen LogP contribution in [0.4, 0.5) is 0 Å². The molecular formula is C15H15NO3. The van der Waals surface area contributed by atoms with Gasteiger partial charge in [-0.05, 0) is 49.3 Å². The maximum atomic E-state index is 11.0. The number of hydrogen-bond donors (Lipinski definition) is 1. The van der Waals surface area contributed by atoms with E-state index in [0.29, 0.717) is 17.0 Å². The van der Waals surface area contributed by atoms with E-state index in [4.69, 9.17) is 9.52 Å². The maximum absolute atomic E-state index is 11.0. The number of hydrogen-bond acceptors (Lipinski definition) is 3. The molecule has 4 heteroatoms. The molecule has 2 aliphatic rings. The topological polar surface area (TPSA) is 63.3 Å². The van der Waals surface area contributed by atoms with Crippen molar-refractivity contribution in [3.8, 4) is 0 Å². The van der Waals surface area contributed by atoms with Crippen molar-refractivity contribution in [1.82, 2.24) is 4.98 Å². The number of oxazole rings is 1. The lowest BCUT2D eigenvalue weighted by molar-refractivity contribution is 0.0697. The third kappa shape index (κ3) is 1.66. The molecule has 1 heterocycles. The fraction of sp³-hybridized carbons (Fsp3) is 0.467. The van der Waals surface area contributed by atoms with E-state index in [1.54, 1.807) is 18.2 Å². The van der Waals surface area contributed by atoms with Crippen LogP contribution in [0, 0.1) is 11.8 Å². The number of nitrogens with zero attached hydrogens (tertiary/aromatic N) is 1. The Labute approximate surface area is 110 Å².